The maximum absolute atomic E-state index is 12.9. The van der Waals surface area contributed by atoms with Crippen molar-refractivity contribution < 1.29 is 14.3 Å². The smallest absolute Gasteiger partial charge is 0.375 e. The molecule has 1 saturated heterocycles. The summed E-state index contributed by atoms with van der Waals surface area (Å²) in [5, 5.41) is 1.31. The second-order valence-electron chi connectivity index (χ2n) is 9.26. The fourth-order valence-corrected chi connectivity index (χ4v) is 5.03. The molecule has 5 heteroatoms. The minimum Gasteiger partial charge on any atom is -0.454 e. The number of ketones is 1. The number of nitrogens with one attached hydrogen (secondary N) is 1. The monoisotopic (exact) mass is 382 g/mol. The molecule has 5 nitrogen and oxygen atoms in total. The fourth-order valence-electron chi connectivity index (χ4n) is 5.03. The van der Waals surface area contributed by atoms with Crippen LogP contribution < -0.4 is 0 Å². The summed E-state index contributed by atoms with van der Waals surface area (Å²) in [7, 11) is 0. The van der Waals surface area contributed by atoms with Crippen LogP contribution in [0.15, 0.2) is 24.4 Å². The zero-order valence-electron chi connectivity index (χ0n) is 17.2. The van der Waals surface area contributed by atoms with Gasteiger partial charge in [0.1, 0.15) is 5.60 Å². The molecule has 1 aliphatic heterocycles. The van der Waals surface area contributed by atoms with E-state index in [9.17, 15) is 9.59 Å². The van der Waals surface area contributed by atoms with E-state index >= 15 is 0 Å². The molecule has 0 spiro atoms. The van der Waals surface area contributed by atoms with E-state index in [-0.39, 0.29) is 17.6 Å². The van der Waals surface area contributed by atoms with Gasteiger partial charge in [0.2, 0.25) is 5.78 Å². The molecule has 150 valence electrons. The molecule has 2 aromatic rings. The van der Waals surface area contributed by atoms with Crippen molar-refractivity contribution in [2.75, 3.05) is 13.1 Å². The van der Waals surface area contributed by atoms with E-state index in [2.05, 4.69) is 41.2 Å². The van der Waals surface area contributed by atoms with E-state index < -0.39 is 11.6 Å². The third kappa shape index (κ3) is 3.37. The van der Waals surface area contributed by atoms with Gasteiger partial charge in [-0.1, -0.05) is 19.1 Å². The number of hydrogen-bond donors (Lipinski definition) is 1. The van der Waals surface area contributed by atoms with Gasteiger partial charge in [-0.3, -0.25) is 9.69 Å². The summed E-state index contributed by atoms with van der Waals surface area (Å²) in [5.74, 6) is -1.10. The molecule has 4 rings (SSSR count). The van der Waals surface area contributed by atoms with Gasteiger partial charge in [-0.2, -0.15) is 0 Å². The molecule has 1 fully saturated rings. The highest BCUT2D eigenvalue weighted by Gasteiger charge is 2.44. The number of carbonyl (C=O) groups excluding carboxylic acids is 2. The van der Waals surface area contributed by atoms with Gasteiger partial charge in [-0.25, -0.2) is 4.79 Å². The molecule has 0 bridgehead atoms. The van der Waals surface area contributed by atoms with Crippen molar-refractivity contribution in [3.63, 3.8) is 0 Å². The lowest BCUT2D eigenvalue weighted by atomic mass is 9.71. The predicted molar refractivity (Wildman–Crippen MR) is 109 cm³/mol. The van der Waals surface area contributed by atoms with Crippen LogP contribution in [0.2, 0.25) is 0 Å². The number of hydrogen-bond acceptors (Lipinski definition) is 4. The van der Waals surface area contributed by atoms with Gasteiger partial charge in [0.05, 0.1) is 0 Å². The highest BCUT2D eigenvalue weighted by Crippen LogP contribution is 2.45. The Kier molecular flexibility index (Phi) is 4.82. The lowest BCUT2D eigenvalue weighted by molar-refractivity contribution is -0.165. The number of aromatic nitrogens is 1. The van der Waals surface area contributed by atoms with E-state index in [1.165, 1.54) is 16.5 Å². The number of fused-ring (bicyclic) bond motifs is 2. The number of nitrogens with zero attached hydrogens (tertiary/aromatic N) is 1. The van der Waals surface area contributed by atoms with Crippen LogP contribution in [0.5, 0.6) is 0 Å². The summed E-state index contributed by atoms with van der Waals surface area (Å²) in [6.45, 7) is 9.15. The second-order valence-corrected chi connectivity index (χ2v) is 9.26. The van der Waals surface area contributed by atoms with Crippen LogP contribution >= 0.6 is 0 Å². The summed E-state index contributed by atoms with van der Waals surface area (Å²) in [6.07, 6.45) is 4.87. The molecule has 0 amide bonds. The third-order valence-electron chi connectivity index (χ3n) is 6.06. The number of esters is 1. The van der Waals surface area contributed by atoms with E-state index in [4.69, 9.17) is 4.74 Å². The summed E-state index contributed by atoms with van der Waals surface area (Å²) in [5.41, 5.74) is 3.19. The third-order valence-corrected chi connectivity index (χ3v) is 6.06. The van der Waals surface area contributed by atoms with Gasteiger partial charge in [-0.05, 0) is 63.8 Å². The first-order chi connectivity index (χ1) is 13.3. The summed E-state index contributed by atoms with van der Waals surface area (Å²) in [6, 6.07) is 6.78. The van der Waals surface area contributed by atoms with Crippen LogP contribution in [0.25, 0.3) is 10.9 Å². The molecule has 3 atom stereocenters. The topological polar surface area (TPSA) is 62.4 Å². The Morgan fingerprint density at radius 2 is 2.07 bits per heavy atom. The molecule has 0 radical (unpaired) electrons. The van der Waals surface area contributed by atoms with Gasteiger partial charge in [-0.15, -0.1) is 0 Å². The number of likely N-dealkylation sites (tertiary alicyclic amines) is 1. The van der Waals surface area contributed by atoms with Gasteiger partial charge < -0.3 is 9.72 Å². The molecule has 2 heterocycles. The summed E-state index contributed by atoms with van der Waals surface area (Å²) < 4.78 is 5.37. The second kappa shape index (κ2) is 7.03. The minimum atomic E-state index is -0.691. The van der Waals surface area contributed by atoms with E-state index in [1.54, 1.807) is 20.8 Å². The molecule has 1 aromatic heterocycles. The standard InChI is InChI=1S/C23H30N2O3/c1-5-9-25-13-15(21(26)22(27)28-23(2,3)4)10-17-16-7-6-8-18-20(16)14(12-24-18)11-19(17)25/h6-8,12,15,17,19,24H,5,9-11,13H2,1-4H3/t15-,17?,19?/m1/s1. The van der Waals surface area contributed by atoms with E-state index in [0.717, 1.165) is 24.9 Å². The Morgan fingerprint density at radius 3 is 2.79 bits per heavy atom. The molecule has 1 aliphatic carbocycles. The number of H-pyrrole nitrogens is 1. The Morgan fingerprint density at radius 1 is 1.29 bits per heavy atom. The highest BCUT2D eigenvalue weighted by molar-refractivity contribution is 6.34. The SMILES string of the molecule is CCCN1C[C@H](C(=O)C(=O)OC(C)(C)C)CC2c3cccc4[nH]cc(c34)CC21. The first kappa shape index (κ1) is 19.2. The molecular weight excluding hydrogens is 352 g/mol. The Hall–Kier alpha value is -2.14. The average molecular weight is 383 g/mol. The molecule has 1 aromatic carbocycles. The van der Waals surface area contributed by atoms with Crippen LogP contribution in [0.1, 0.15) is 57.6 Å². The Bertz CT molecular complexity index is 908. The number of Topliss-reactive ketones (excluding diaryl/α,β-unsaturated/α-hetero) is 1. The fraction of sp³-hybridized carbons (Fsp3) is 0.565. The molecular formula is C23H30N2O3. The number of benzene rings is 1. The molecule has 28 heavy (non-hydrogen) atoms. The van der Waals surface area contributed by atoms with Gasteiger partial charge >= 0.3 is 5.97 Å². The Balaban J connectivity index is 1.66. The van der Waals surface area contributed by atoms with E-state index in [1.807, 2.05) is 0 Å². The average Bonchev–Trinajstić information content (AvgIpc) is 3.05. The number of carbonyl (C=O) groups is 2. The van der Waals surface area contributed by atoms with E-state index in [0.29, 0.717) is 19.0 Å². The predicted octanol–water partition coefficient (Wildman–Crippen LogP) is 3.82. The zero-order chi connectivity index (χ0) is 20.1. The quantitative estimate of drug-likeness (QED) is 0.645. The van der Waals surface area contributed by atoms with Crippen molar-refractivity contribution in [1.82, 2.24) is 9.88 Å². The van der Waals surface area contributed by atoms with Crippen molar-refractivity contribution >= 4 is 22.7 Å². The zero-order valence-corrected chi connectivity index (χ0v) is 17.2. The maximum atomic E-state index is 12.9. The number of ether oxygens (including phenoxy) is 1. The molecule has 0 saturated carbocycles. The normalized spacial score (nSPS) is 24.8. The van der Waals surface area contributed by atoms with Crippen LogP contribution in [0.3, 0.4) is 0 Å². The lowest BCUT2D eigenvalue weighted by Crippen LogP contribution is -2.52. The minimum absolute atomic E-state index is 0.267. The Labute approximate surface area is 166 Å². The van der Waals surface area contributed by atoms with Gasteiger partial charge in [0.25, 0.3) is 0 Å². The summed E-state index contributed by atoms with van der Waals surface area (Å²) in [4.78, 5) is 31.2. The number of rotatable bonds is 4. The van der Waals surface area contributed by atoms with Gasteiger partial charge in [0.15, 0.2) is 0 Å². The van der Waals surface area contributed by atoms with Crippen LogP contribution in [-0.4, -0.2) is 46.4 Å². The van der Waals surface area contributed by atoms with Crippen molar-refractivity contribution in [2.24, 2.45) is 5.92 Å². The largest absolute Gasteiger partial charge is 0.454 e. The van der Waals surface area contributed by atoms with Crippen molar-refractivity contribution in [1.29, 1.82) is 0 Å². The molecule has 2 unspecified atom stereocenters. The first-order valence-corrected chi connectivity index (χ1v) is 10.4. The first-order valence-electron chi connectivity index (χ1n) is 10.4. The number of aromatic amines is 1. The lowest BCUT2D eigenvalue weighted by Gasteiger charge is -2.46. The van der Waals surface area contributed by atoms with Gasteiger partial charge in [0, 0.05) is 41.5 Å². The maximum Gasteiger partial charge on any atom is 0.375 e. The molecule has 1 N–H and O–H groups in total. The molecule has 2 aliphatic rings. The van der Waals surface area contributed by atoms with Crippen molar-refractivity contribution in [2.45, 2.75) is 64.5 Å². The van der Waals surface area contributed by atoms with Crippen LogP contribution in [0, 0.1) is 5.92 Å². The van der Waals surface area contributed by atoms with Crippen LogP contribution in [-0.2, 0) is 20.7 Å². The van der Waals surface area contributed by atoms with Crippen LogP contribution in [0.4, 0.5) is 0 Å². The summed E-state index contributed by atoms with van der Waals surface area (Å²) >= 11 is 0. The van der Waals surface area contributed by atoms with Crippen molar-refractivity contribution in [3.8, 4) is 0 Å². The number of piperidine rings is 1. The van der Waals surface area contributed by atoms with Crippen molar-refractivity contribution in [3.05, 3.63) is 35.5 Å². The highest BCUT2D eigenvalue weighted by atomic mass is 16.6.